The largest absolute Gasteiger partial charge is 0.490 e. The van der Waals surface area contributed by atoms with Gasteiger partial charge in [-0.15, -0.1) is 0 Å². The second-order valence-corrected chi connectivity index (χ2v) is 8.97. The number of nitrogens with zero attached hydrogens (tertiary/aromatic N) is 1. The molecule has 10 heteroatoms. The molecule has 9 nitrogen and oxygen atoms in total. The third kappa shape index (κ3) is 5.75. The van der Waals surface area contributed by atoms with Crippen LogP contribution >= 0.6 is 15.9 Å². The average molecular weight is 521 g/mol. The third-order valence-electron chi connectivity index (χ3n) is 4.38. The van der Waals surface area contributed by atoms with Gasteiger partial charge in [0.05, 0.1) is 24.7 Å². The number of imide groups is 1. The Morgan fingerprint density at radius 1 is 1.24 bits per heavy atom. The molecule has 1 aromatic heterocycles. The van der Waals surface area contributed by atoms with Gasteiger partial charge in [0.25, 0.3) is 5.91 Å². The van der Waals surface area contributed by atoms with Crippen LogP contribution in [-0.2, 0) is 16.1 Å². The van der Waals surface area contributed by atoms with Crippen molar-refractivity contribution in [2.45, 2.75) is 39.8 Å². The number of urea groups is 1. The van der Waals surface area contributed by atoms with E-state index in [2.05, 4.69) is 26.0 Å². The van der Waals surface area contributed by atoms with Gasteiger partial charge in [-0.1, -0.05) is 0 Å². The van der Waals surface area contributed by atoms with Crippen LogP contribution in [0.5, 0.6) is 11.5 Å². The highest BCUT2D eigenvalue weighted by Gasteiger charge is 2.34. The molecule has 2 heterocycles. The molecule has 1 saturated heterocycles. The molecular formula is C23H25BrN2O7. The second-order valence-electron chi connectivity index (χ2n) is 8.11. The molecule has 0 spiro atoms. The molecule has 0 unspecified atom stereocenters. The molecule has 0 bridgehead atoms. The summed E-state index contributed by atoms with van der Waals surface area (Å²) < 4.78 is 22.3. The Labute approximate surface area is 199 Å². The zero-order valence-electron chi connectivity index (χ0n) is 19.0. The maximum atomic E-state index is 12.8. The molecule has 3 amide bonds. The van der Waals surface area contributed by atoms with Crippen molar-refractivity contribution in [3.8, 4) is 11.5 Å². The molecule has 3 rings (SSSR count). The van der Waals surface area contributed by atoms with E-state index < -0.39 is 23.5 Å². The van der Waals surface area contributed by atoms with E-state index >= 15 is 0 Å². The molecule has 1 aliphatic heterocycles. The highest BCUT2D eigenvalue weighted by atomic mass is 79.9. The zero-order valence-corrected chi connectivity index (χ0v) is 20.6. The Hall–Kier alpha value is -3.27. The van der Waals surface area contributed by atoms with Gasteiger partial charge >= 0.3 is 12.0 Å². The number of hydrogen-bond donors (Lipinski definition) is 1. The number of benzene rings is 1. The minimum Gasteiger partial charge on any atom is -0.490 e. The van der Waals surface area contributed by atoms with Crippen molar-refractivity contribution in [2.24, 2.45) is 0 Å². The van der Waals surface area contributed by atoms with Crippen molar-refractivity contribution in [2.75, 3.05) is 13.7 Å². The molecule has 1 aromatic carbocycles. The number of carbonyl (C=O) groups is 3. The fraction of sp³-hybridized carbons (Fsp3) is 0.348. The number of halogens is 1. The topological polar surface area (TPSA) is 107 Å². The van der Waals surface area contributed by atoms with E-state index in [0.29, 0.717) is 28.1 Å². The van der Waals surface area contributed by atoms with Crippen molar-refractivity contribution in [3.05, 3.63) is 51.5 Å². The van der Waals surface area contributed by atoms with Gasteiger partial charge in [0.2, 0.25) is 5.76 Å². The van der Waals surface area contributed by atoms with Gasteiger partial charge in [0.15, 0.2) is 11.5 Å². The monoisotopic (exact) mass is 520 g/mol. The Kier molecular flexibility index (Phi) is 7.16. The van der Waals surface area contributed by atoms with Crippen LogP contribution in [-0.4, -0.2) is 42.1 Å². The van der Waals surface area contributed by atoms with Gasteiger partial charge in [-0.25, -0.2) is 9.59 Å². The van der Waals surface area contributed by atoms with Crippen LogP contribution in [0.15, 0.2) is 38.9 Å². The zero-order chi connectivity index (χ0) is 24.3. The second kappa shape index (κ2) is 9.70. The van der Waals surface area contributed by atoms with Crippen LogP contribution in [0, 0.1) is 0 Å². The summed E-state index contributed by atoms with van der Waals surface area (Å²) in [6.07, 6.45) is 1.55. The summed E-state index contributed by atoms with van der Waals surface area (Å²) in [5, 5.41) is 2.56. The molecule has 33 heavy (non-hydrogen) atoms. The number of rotatable bonds is 7. The maximum absolute atomic E-state index is 12.8. The first-order valence-corrected chi connectivity index (χ1v) is 11.0. The predicted molar refractivity (Wildman–Crippen MR) is 123 cm³/mol. The third-order valence-corrected chi connectivity index (χ3v) is 4.96. The Morgan fingerprint density at radius 3 is 2.61 bits per heavy atom. The predicted octanol–water partition coefficient (Wildman–Crippen LogP) is 4.50. The Bertz CT molecular complexity index is 1110. The van der Waals surface area contributed by atoms with E-state index in [0.717, 1.165) is 4.90 Å². The number of methoxy groups -OCH3 is 1. The summed E-state index contributed by atoms with van der Waals surface area (Å²) in [6.45, 7) is 7.94. The van der Waals surface area contributed by atoms with Crippen LogP contribution in [0.1, 0.15) is 49.6 Å². The molecular weight excluding hydrogens is 496 g/mol. The van der Waals surface area contributed by atoms with Gasteiger partial charge < -0.3 is 23.9 Å². The molecule has 1 N–H and O–H groups in total. The average Bonchev–Trinajstić information content (AvgIpc) is 3.30. The van der Waals surface area contributed by atoms with Gasteiger partial charge in [0.1, 0.15) is 17.1 Å². The highest BCUT2D eigenvalue weighted by Crippen LogP contribution is 2.39. The van der Waals surface area contributed by atoms with Crippen LogP contribution in [0.4, 0.5) is 4.79 Å². The Balaban J connectivity index is 1.85. The number of ether oxygens (including phenoxy) is 3. The molecule has 0 atom stereocenters. The summed E-state index contributed by atoms with van der Waals surface area (Å²) in [5.41, 5.74) is 0.283. The van der Waals surface area contributed by atoms with E-state index in [9.17, 15) is 14.4 Å². The van der Waals surface area contributed by atoms with Crippen LogP contribution < -0.4 is 14.8 Å². The van der Waals surface area contributed by atoms with Crippen molar-refractivity contribution in [1.82, 2.24) is 10.2 Å². The quantitative estimate of drug-likeness (QED) is 0.325. The normalized spacial score (nSPS) is 15.1. The summed E-state index contributed by atoms with van der Waals surface area (Å²) >= 11 is 3.51. The van der Waals surface area contributed by atoms with E-state index in [4.69, 9.17) is 13.9 Å². The minimum absolute atomic E-state index is 0.0128. The lowest BCUT2D eigenvalue weighted by atomic mass is 10.1. The van der Waals surface area contributed by atoms with Gasteiger partial charge in [-0.3, -0.25) is 9.69 Å². The number of carbonyl (C=O) groups excluding carboxylic acids is 3. The van der Waals surface area contributed by atoms with E-state index in [1.165, 1.54) is 19.2 Å². The summed E-state index contributed by atoms with van der Waals surface area (Å²) in [5.74, 6) is 0.141. The van der Waals surface area contributed by atoms with Gasteiger partial charge in [-0.05, 0) is 79.5 Å². The highest BCUT2D eigenvalue weighted by molar-refractivity contribution is 9.10. The maximum Gasteiger partial charge on any atom is 0.373 e. The molecule has 2 aromatic rings. The fourth-order valence-corrected chi connectivity index (χ4v) is 3.59. The number of nitrogens with one attached hydrogen (secondary N) is 1. The van der Waals surface area contributed by atoms with Crippen molar-refractivity contribution >= 4 is 39.9 Å². The molecule has 1 aliphatic rings. The lowest BCUT2D eigenvalue weighted by Crippen LogP contribution is -2.30. The first-order valence-electron chi connectivity index (χ1n) is 10.2. The lowest BCUT2D eigenvalue weighted by Gasteiger charge is -2.24. The van der Waals surface area contributed by atoms with Crippen molar-refractivity contribution in [1.29, 1.82) is 0 Å². The molecule has 0 radical (unpaired) electrons. The van der Waals surface area contributed by atoms with E-state index in [1.54, 1.807) is 18.2 Å². The van der Waals surface area contributed by atoms with Crippen molar-refractivity contribution in [3.63, 3.8) is 0 Å². The molecule has 176 valence electrons. The van der Waals surface area contributed by atoms with Gasteiger partial charge in [-0.2, -0.15) is 0 Å². The molecule has 0 aliphatic carbocycles. The molecule has 0 saturated carbocycles. The number of hydrogen-bond acceptors (Lipinski definition) is 7. The van der Waals surface area contributed by atoms with E-state index in [-0.39, 0.29) is 23.8 Å². The number of esters is 1. The summed E-state index contributed by atoms with van der Waals surface area (Å²) in [6, 6.07) is 5.84. The first-order chi connectivity index (χ1) is 15.5. The van der Waals surface area contributed by atoms with Crippen molar-refractivity contribution < 1.29 is 33.0 Å². The first kappa shape index (κ1) is 24.4. The lowest BCUT2D eigenvalue weighted by molar-refractivity contribution is -0.123. The standard InChI is InChI=1S/C23H25BrN2O7/c1-6-31-18-11-13(9-15(24)19(18)33-23(2,3)4)10-16-20(27)26(22(29)25-16)12-14-7-8-17(32-14)21(28)30-5/h7-11H,6,12H2,1-5H3,(H,25,29)/b16-10-. The van der Waals surface area contributed by atoms with E-state index in [1.807, 2.05) is 27.7 Å². The summed E-state index contributed by atoms with van der Waals surface area (Å²) in [7, 11) is 1.23. The number of amides is 3. The summed E-state index contributed by atoms with van der Waals surface area (Å²) in [4.78, 5) is 37.8. The smallest absolute Gasteiger partial charge is 0.373 e. The minimum atomic E-state index is -0.645. The Morgan fingerprint density at radius 2 is 1.97 bits per heavy atom. The van der Waals surface area contributed by atoms with Crippen LogP contribution in [0.2, 0.25) is 0 Å². The SMILES string of the molecule is CCOc1cc(/C=C2\NC(=O)N(Cc3ccc(C(=O)OC)o3)C2=O)cc(Br)c1OC(C)(C)C. The number of furan rings is 1. The van der Waals surface area contributed by atoms with Gasteiger partial charge in [0, 0.05) is 0 Å². The molecule has 1 fully saturated rings. The fourth-order valence-electron chi connectivity index (χ4n) is 3.05. The van der Waals surface area contributed by atoms with Crippen LogP contribution in [0.25, 0.3) is 6.08 Å². The van der Waals surface area contributed by atoms with Crippen LogP contribution in [0.3, 0.4) is 0 Å².